The van der Waals surface area contributed by atoms with Gasteiger partial charge >= 0.3 is 0 Å². The maximum atomic E-state index is 8.80. The van der Waals surface area contributed by atoms with Gasteiger partial charge in [-0.05, 0) is 19.8 Å². The molecule has 0 atom stereocenters. The van der Waals surface area contributed by atoms with E-state index in [-0.39, 0.29) is 5.41 Å². The van der Waals surface area contributed by atoms with Gasteiger partial charge in [0.1, 0.15) is 0 Å². The fraction of sp³-hybridized carbons (Fsp3) is 0.909. The van der Waals surface area contributed by atoms with Crippen LogP contribution in [0.2, 0.25) is 0 Å². The second kappa shape index (κ2) is 8.59. The normalized spacial score (nSPS) is 9.67. The van der Waals surface area contributed by atoms with Gasteiger partial charge in [0.15, 0.2) is 0 Å². The molecule has 0 heterocycles. The van der Waals surface area contributed by atoms with Gasteiger partial charge in [-0.15, -0.1) is 0 Å². The van der Waals surface area contributed by atoms with Crippen molar-refractivity contribution in [2.75, 3.05) is 0 Å². The van der Waals surface area contributed by atoms with Crippen LogP contribution in [0.25, 0.3) is 0 Å². The lowest BCUT2D eigenvalue weighted by Crippen LogP contribution is -2.12. The molecule has 0 spiro atoms. The van der Waals surface area contributed by atoms with Crippen LogP contribution in [0.5, 0.6) is 0 Å². The number of nitriles is 1. The summed E-state index contributed by atoms with van der Waals surface area (Å²) in [7, 11) is 0. The lowest BCUT2D eigenvalue weighted by atomic mass is 9.83. The van der Waals surface area contributed by atoms with Gasteiger partial charge in [0.25, 0.3) is 0 Å². The van der Waals surface area contributed by atoms with Crippen molar-refractivity contribution in [3.63, 3.8) is 0 Å². The van der Waals surface area contributed by atoms with Crippen LogP contribution in [0, 0.1) is 16.7 Å². The Morgan fingerprint density at radius 3 is 1.58 bits per heavy atom. The third-order valence-corrected chi connectivity index (χ3v) is 1.87. The van der Waals surface area contributed by atoms with Crippen LogP contribution in [0.3, 0.4) is 0 Å². The van der Waals surface area contributed by atoms with Gasteiger partial charge in [0.05, 0.1) is 11.5 Å². The molecule has 0 fully saturated rings. The Morgan fingerprint density at radius 1 is 1.08 bits per heavy atom. The zero-order chi connectivity index (χ0) is 10.0. The van der Waals surface area contributed by atoms with Crippen LogP contribution >= 0.6 is 0 Å². The molecule has 1 nitrogen and oxygen atoms in total. The quantitative estimate of drug-likeness (QED) is 0.620. The molecular weight excluding hydrogens is 146 g/mol. The van der Waals surface area contributed by atoms with E-state index in [1.54, 1.807) is 0 Å². The largest absolute Gasteiger partial charge is 0.198 e. The van der Waals surface area contributed by atoms with Gasteiger partial charge in [0, 0.05) is 0 Å². The monoisotopic (exact) mass is 169 g/mol. The van der Waals surface area contributed by atoms with Gasteiger partial charge in [-0.1, -0.05) is 40.5 Å². The highest BCUT2D eigenvalue weighted by molar-refractivity contribution is 4.94. The van der Waals surface area contributed by atoms with Crippen molar-refractivity contribution in [1.29, 1.82) is 5.26 Å². The van der Waals surface area contributed by atoms with Crippen molar-refractivity contribution in [1.82, 2.24) is 0 Å². The van der Waals surface area contributed by atoms with Gasteiger partial charge in [-0.3, -0.25) is 0 Å². The molecule has 0 aliphatic heterocycles. The van der Waals surface area contributed by atoms with Crippen molar-refractivity contribution in [2.24, 2.45) is 5.41 Å². The van der Waals surface area contributed by atoms with Crippen LogP contribution in [0.15, 0.2) is 0 Å². The average molecular weight is 169 g/mol. The SMILES string of the molecule is CC.CCCC(C)(C#N)CCC. The predicted octanol–water partition coefficient (Wildman–Crippen LogP) is 4.14. The van der Waals surface area contributed by atoms with E-state index in [4.69, 9.17) is 5.26 Å². The molecule has 0 bridgehead atoms. The molecule has 0 aromatic carbocycles. The maximum Gasteiger partial charge on any atom is 0.0686 e. The molecule has 72 valence electrons. The Hall–Kier alpha value is -0.510. The van der Waals surface area contributed by atoms with Crippen LogP contribution in [0.4, 0.5) is 0 Å². The van der Waals surface area contributed by atoms with Crippen molar-refractivity contribution >= 4 is 0 Å². The first kappa shape index (κ1) is 14.0. The van der Waals surface area contributed by atoms with Crippen molar-refractivity contribution in [2.45, 2.75) is 60.3 Å². The molecular formula is C11H23N. The molecule has 0 aromatic heterocycles. The van der Waals surface area contributed by atoms with Gasteiger partial charge in [-0.25, -0.2) is 0 Å². The zero-order valence-corrected chi connectivity index (χ0v) is 9.28. The summed E-state index contributed by atoms with van der Waals surface area (Å²) >= 11 is 0. The summed E-state index contributed by atoms with van der Waals surface area (Å²) in [6.07, 6.45) is 4.31. The fourth-order valence-electron chi connectivity index (χ4n) is 1.34. The van der Waals surface area contributed by atoms with Crippen molar-refractivity contribution in [3.05, 3.63) is 0 Å². The third kappa shape index (κ3) is 6.22. The second-order valence-electron chi connectivity index (χ2n) is 3.17. The lowest BCUT2D eigenvalue weighted by Gasteiger charge is -2.18. The van der Waals surface area contributed by atoms with Crippen LogP contribution in [-0.2, 0) is 0 Å². The molecule has 1 heteroatoms. The summed E-state index contributed by atoms with van der Waals surface area (Å²) in [5.74, 6) is 0. The molecule has 0 aliphatic rings. The number of hydrogen-bond donors (Lipinski definition) is 0. The van der Waals surface area contributed by atoms with E-state index >= 15 is 0 Å². The molecule has 0 aromatic rings. The topological polar surface area (TPSA) is 23.8 Å². The highest BCUT2D eigenvalue weighted by Gasteiger charge is 2.20. The first-order chi connectivity index (χ1) is 5.68. The average Bonchev–Trinajstić information content (AvgIpc) is 2.09. The molecule has 0 N–H and O–H groups in total. The lowest BCUT2D eigenvalue weighted by molar-refractivity contribution is 0.365. The van der Waals surface area contributed by atoms with Crippen LogP contribution in [0.1, 0.15) is 60.3 Å². The summed E-state index contributed by atoms with van der Waals surface area (Å²) < 4.78 is 0. The van der Waals surface area contributed by atoms with Gasteiger partial charge < -0.3 is 0 Å². The molecule has 12 heavy (non-hydrogen) atoms. The zero-order valence-electron chi connectivity index (χ0n) is 9.28. The van der Waals surface area contributed by atoms with E-state index in [1.165, 1.54) is 0 Å². The summed E-state index contributed by atoms with van der Waals surface area (Å²) in [5, 5.41) is 8.80. The Morgan fingerprint density at radius 2 is 1.42 bits per heavy atom. The number of hydrogen-bond acceptors (Lipinski definition) is 1. The van der Waals surface area contributed by atoms with Crippen molar-refractivity contribution < 1.29 is 0 Å². The Bertz CT molecular complexity index is 115. The van der Waals surface area contributed by atoms with Crippen LogP contribution < -0.4 is 0 Å². The van der Waals surface area contributed by atoms with E-state index in [1.807, 2.05) is 13.8 Å². The minimum absolute atomic E-state index is 0.0521. The van der Waals surface area contributed by atoms with Gasteiger partial charge in [0.2, 0.25) is 0 Å². The molecule has 0 rings (SSSR count). The molecule has 0 amide bonds. The second-order valence-corrected chi connectivity index (χ2v) is 3.17. The Kier molecular flexibility index (Phi) is 10.0. The Labute approximate surface area is 77.8 Å². The maximum absolute atomic E-state index is 8.80. The number of nitrogens with zero attached hydrogens (tertiary/aromatic N) is 1. The van der Waals surface area contributed by atoms with E-state index in [2.05, 4.69) is 26.8 Å². The van der Waals surface area contributed by atoms with Crippen LogP contribution in [-0.4, -0.2) is 0 Å². The predicted molar refractivity (Wildman–Crippen MR) is 54.9 cm³/mol. The van der Waals surface area contributed by atoms with E-state index in [0.29, 0.717) is 0 Å². The molecule has 0 radical (unpaired) electrons. The Balaban J connectivity index is 0. The summed E-state index contributed by atoms with van der Waals surface area (Å²) in [5.41, 5.74) is -0.0521. The highest BCUT2D eigenvalue weighted by Crippen LogP contribution is 2.27. The van der Waals surface area contributed by atoms with E-state index < -0.39 is 0 Å². The smallest absolute Gasteiger partial charge is 0.0686 e. The fourth-order valence-corrected chi connectivity index (χ4v) is 1.34. The molecule has 0 unspecified atom stereocenters. The standard InChI is InChI=1S/C9H17N.C2H6/c1-4-6-9(3,8-10)7-5-2;1-2/h4-7H2,1-3H3;1-2H3. The van der Waals surface area contributed by atoms with E-state index in [9.17, 15) is 0 Å². The third-order valence-electron chi connectivity index (χ3n) is 1.87. The van der Waals surface area contributed by atoms with E-state index in [0.717, 1.165) is 25.7 Å². The first-order valence-electron chi connectivity index (χ1n) is 5.09. The molecule has 0 saturated carbocycles. The minimum Gasteiger partial charge on any atom is -0.198 e. The highest BCUT2D eigenvalue weighted by atomic mass is 14.3. The van der Waals surface area contributed by atoms with Gasteiger partial charge in [-0.2, -0.15) is 5.26 Å². The first-order valence-corrected chi connectivity index (χ1v) is 5.09. The minimum atomic E-state index is -0.0521. The summed E-state index contributed by atoms with van der Waals surface area (Å²) in [6, 6.07) is 2.38. The van der Waals surface area contributed by atoms with Crippen molar-refractivity contribution in [3.8, 4) is 6.07 Å². The molecule has 0 aliphatic carbocycles. The molecule has 0 saturated heterocycles. The summed E-state index contributed by atoms with van der Waals surface area (Å²) in [6.45, 7) is 10.3. The summed E-state index contributed by atoms with van der Waals surface area (Å²) in [4.78, 5) is 0. The number of rotatable bonds is 4.